The third kappa shape index (κ3) is 4.19. The highest BCUT2D eigenvalue weighted by Crippen LogP contribution is 2.37. The maximum atomic E-state index is 4.58. The van der Waals surface area contributed by atoms with Crippen molar-refractivity contribution in [1.82, 2.24) is 4.98 Å². The van der Waals surface area contributed by atoms with E-state index in [0.29, 0.717) is 5.92 Å². The molecule has 1 heterocycles. The van der Waals surface area contributed by atoms with Crippen molar-refractivity contribution >= 4 is 0 Å². The molecule has 0 unspecified atom stereocenters. The van der Waals surface area contributed by atoms with Gasteiger partial charge in [-0.1, -0.05) is 78.3 Å². The van der Waals surface area contributed by atoms with E-state index in [4.69, 9.17) is 0 Å². The van der Waals surface area contributed by atoms with Gasteiger partial charge in [0.1, 0.15) is 0 Å². The van der Waals surface area contributed by atoms with Gasteiger partial charge >= 0.3 is 0 Å². The number of aromatic nitrogens is 1. The van der Waals surface area contributed by atoms with E-state index in [-0.39, 0.29) is 5.41 Å². The molecule has 0 spiro atoms. The Balaban J connectivity index is 0.000000745. The fraction of sp³-hybridized carbons (Fsp3) is 0.476. The lowest BCUT2D eigenvalue weighted by molar-refractivity contribution is 0.373. The van der Waals surface area contributed by atoms with Gasteiger partial charge < -0.3 is 0 Å². The van der Waals surface area contributed by atoms with Crippen LogP contribution in [0.2, 0.25) is 0 Å². The predicted molar refractivity (Wildman–Crippen MR) is 98.2 cm³/mol. The van der Waals surface area contributed by atoms with Crippen molar-refractivity contribution in [2.24, 2.45) is 5.92 Å². The number of rotatable bonds is 3. The van der Waals surface area contributed by atoms with Crippen LogP contribution in [-0.4, -0.2) is 4.98 Å². The van der Waals surface area contributed by atoms with E-state index in [2.05, 4.69) is 83.8 Å². The molecule has 0 bridgehead atoms. The monoisotopic (exact) mass is 297 g/mol. The summed E-state index contributed by atoms with van der Waals surface area (Å²) in [4.78, 5) is 4.58. The van der Waals surface area contributed by atoms with Gasteiger partial charge in [-0.15, -0.1) is 0 Å². The van der Waals surface area contributed by atoms with Gasteiger partial charge in [0.2, 0.25) is 0 Å². The lowest BCUT2D eigenvalue weighted by Gasteiger charge is -2.32. The molecule has 1 heteroatoms. The Morgan fingerprint density at radius 1 is 1.00 bits per heavy atom. The molecule has 1 nitrogen and oxygen atoms in total. The lowest BCUT2D eigenvalue weighted by atomic mass is 9.73. The van der Waals surface area contributed by atoms with Crippen LogP contribution >= 0.6 is 0 Å². The highest BCUT2D eigenvalue weighted by molar-refractivity contribution is 5.68. The quantitative estimate of drug-likeness (QED) is 0.638. The van der Waals surface area contributed by atoms with Crippen LogP contribution in [0.25, 0.3) is 11.3 Å². The van der Waals surface area contributed by atoms with Crippen molar-refractivity contribution in [3.8, 4) is 11.3 Å². The summed E-state index contributed by atoms with van der Waals surface area (Å²) in [7, 11) is 0. The van der Waals surface area contributed by atoms with E-state index in [9.17, 15) is 0 Å². The van der Waals surface area contributed by atoms with Crippen LogP contribution in [-0.2, 0) is 5.41 Å². The van der Waals surface area contributed by atoms with Crippen LogP contribution in [0.5, 0.6) is 0 Å². The first-order valence-electron chi connectivity index (χ1n) is 8.37. The third-order valence-electron chi connectivity index (χ3n) is 4.33. The second-order valence-corrected chi connectivity index (χ2v) is 6.80. The molecule has 1 aromatic carbocycles. The highest BCUT2D eigenvalue weighted by Gasteiger charge is 2.27. The zero-order valence-corrected chi connectivity index (χ0v) is 15.3. The molecule has 0 saturated carbocycles. The maximum absolute atomic E-state index is 4.58. The van der Waals surface area contributed by atoms with Crippen LogP contribution in [0.15, 0.2) is 42.6 Å². The molecule has 0 aliphatic rings. The van der Waals surface area contributed by atoms with Crippen LogP contribution in [0.3, 0.4) is 0 Å². The van der Waals surface area contributed by atoms with Crippen molar-refractivity contribution in [2.45, 2.75) is 60.3 Å². The SMILES string of the molecule is CCC.Cc1cccnc1-c1ccccc1C(C)(C)C(C)C. The normalized spacial score (nSPS) is 11.1. The van der Waals surface area contributed by atoms with Crippen molar-refractivity contribution in [1.29, 1.82) is 0 Å². The Hall–Kier alpha value is -1.63. The Morgan fingerprint density at radius 2 is 1.59 bits per heavy atom. The molecule has 2 rings (SSSR count). The molecular formula is C21H31N. The van der Waals surface area contributed by atoms with Gasteiger partial charge in [0.15, 0.2) is 0 Å². The third-order valence-corrected chi connectivity index (χ3v) is 4.33. The predicted octanol–water partition coefficient (Wildman–Crippen LogP) is 6.41. The molecule has 0 radical (unpaired) electrons. The van der Waals surface area contributed by atoms with E-state index in [1.807, 2.05) is 12.3 Å². The van der Waals surface area contributed by atoms with Crippen LogP contribution in [0.1, 0.15) is 59.1 Å². The fourth-order valence-electron chi connectivity index (χ4n) is 2.33. The average Bonchev–Trinajstić information content (AvgIpc) is 2.48. The Bertz CT molecular complexity index is 582. The van der Waals surface area contributed by atoms with Gasteiger partial charge in [-0.3, -0.25) is 4.98 Å². The molecule has 0 amide bonds. The van der Waals surface area contributed by atoms with Gasteiger partial charge in [-0.05, 0) is 35.4 Å². The Labute approximate surface area is 136 Å². The zero-order chi connectivity index (χ0) is 16.8. The topological polar surface area (TPSA) is 12.9 Å². The van der Waals surface area contributed by atoms with Gasteiger partial charge in [0, 0.05) is 11.8 Å². The summed E-state index contributed by atoms with van der Waals surface area (Å²) < 4.78 is 0. The summed E-state index contributed by atoms with van der Waals surface area (Å²) in [6, 6.07) is 12.8. The largest absolute Gasteiger partial charge is 0.256 e. The number of hydrogen-bond donors (Lipinski definition) is 0. The summed E-state index contributed by atoms with van der Waals surface area (Å²) in [5.74, 6) is 0.581. The summed E-state index contributed by atoms with van der Waals surface area (Å²) >= 11 is 0. The van der Waals surface area contributed by atoms with Crippen LogP contribution in [0, 0.1) is 12.8 Å². The first-order valence-corrected chi connectivity index (χ1v) is 8.37. The molecule has 0 N–H and O–H groups in total. The molecular weight excluding hydrogens is 266 g/mol. The molecule has 120 valence electrons. The Kier molecular flexibility index (Phi) is 6.80. The van der Waals surface area contributed by atoms with Crippen LogP contribution < -0.4 is 0 Å². The first kappa shape index (κ1) is 18.4. The van der Waals surface area contributed by atoms with Crippen molar-refractivity contribution in [2.75, 3.05) is 0 Å². The first-order chi connectivity index (χ1) is 10.4. The smallest absolute Gasteiger partial charge is 0.0734 e. The van der Waals surface area contributed by atoms with E-state index in [1.54, 1.807) is 0 Å². The van der Waals surface area contributed by atoms with Gasteiger partial charge in [0.25, 0.3) is 0 Å². The minimum atomic E-state index is 0.139. The summed E-state index contributed by atoms with van der Waals surface area (Å²) in [6.45, 7) is 15.6. The Morgan fingerprint density at radius 3 is 2.14 bits per heavy atom. The van der Waals surface area contributed by atoms with Crippen molar-refractivity contribution in [3.63, 3.8) is 0 Å². The second kappa shape index (κ2) is 8.12. The molecule has 1 aromatic heterocycles. The molecule has 0 aliphatic heterocycles. The molecule has 0 fully saturated rings. The minimum absolute atomic E-state index is 0.139. The number of aryl methyl sites for hydroxylation is 1. The number of hydrogen-bond acceptors (Lipinski definition) is 1. The van der Waals surface area contributed by atoms with Crippen molar-refractivity contribution < 1.29 is 0 Å². The maximum Gasteiger partial charge on any atom is 0.0734 e. The van der Waals surface area contributed by atoms with E-state index >= 15 is 0 Å². The molecule has 2 aromatic rings. The minimum Gasteiger partial charge on any atom is -0.256 e. The highest BCUT2D eigenvalue weighted by atomic mass is 14.7. The van der Waals surface area contributed by atoms with Crippen LogP contribution in [0.4, 0.5) is 0 Å². The number of pyridine rings is 1. The standard InChI is InChI=1S/C18H23N.C3H8/c1-13(2)18(4,5)16-11-7-6-10-15(16)17-14(3)9-8-12-19-17;1-3-2/h6-13H,1-5H3;3H2,1-2H3. The molecule has 0 atom stereocenters. The van der Waals surface area contributed by atoms with Gasteiger partial charge in [0.05, 0.1) is 5.69 Å². The molecule has 22 heavy (non-hydrogen) atoms. The second-order valence-electron chi connectivity index (χ2n) is 6.80. The summed E-state index contributed by atoms with van der Waals surface area (Å²) in [5, 5.41) is 0. The molecule has 0 aliphatic carbocycles. The van der Waals surface area contributed by atoms with Crippen molar-refractivity contribution in [3.05, 3.63) is 53.7 Å². The summed E-state index contributed by atoms with van der Waals surface area (Å²) in [6.07, 6.45) is 3.13. The number of benzene rings is 1. The molecule has 0 saturated heterocycles. The zero-order valence-electron chi connectivity index (χ0n) is 15.3. The fourth-order valence-corrected chi connectivity index (χ4v) is 2.33. The average molecular weight is 297 g/mol. The van der Waals surface area contributed by atoms with Gasteiger partial charge in [-0.25, -0.2) is 0 Å². The lowest BCUT2D eigenvalue weighted by Crippen LogP contribution is -2.25. The summed E-state index contributed by atoms with van der Waals surface area (Å²) in [5.41, 5.74) is 5.12. The van der Waals surface area contributed by atoms with E-state index in [1.165, 1.54) is 23.1 Å². The number of nitrogens with zero attached hydrogens (tertiary/aromatic N) is 1. The van der Waals surface area contributed by atoms with E-state index < -0.39 is 0 Å². The van der Waals surface area contributed by atoms with Gasteiger partial charge in [-0.2, -0.15) is 0 Å². The van der Waals surface area contributed by atoms with E-state index in [0.717, 1.165) is 5.69 Å².